The van der Waals surface area contributed by atoms with Crippen molar-refractivity contribution in [1.29, 1.82) is 0 Å². The first kappa shape index (κ1) is 17.7. The van der Waals surface area contributed by atoms with Crippen LogP contribution in [0.25, 0.3) is 22.2 Å². The number of benzene rings is 2. The van der Waals surface area contributed by atoms with Crippen LogP contribution in [0.15, 0.2) is 58.3 Å². The molecule has 0 radical (unpaired) electrons. The van der Waals surface area contributed by atoms with E-state index in [1.165, 1.54) is 11.3 Å². The Morgan fingerprint density at radius 3 is 2.81 bits per heavy atom. The number of nitrogens with zero attached hydrogens (tertiary/aromatic N) is 1. The summed E-state index contributed by atoms with van der Waals surface area (Å²) in [6, 6.07) is 14.9. The van der Waals surface area contributed by atoms with Crippen molar-refractivity contribution in [1.82, 2.24) is 4.98 Å². The van der Waals surface area contributed by atoms with E-state index in [1.54, 1.807) is 13.2 Å². The van der Waals surface area contributed by atoms with Gasteiger partial charge in [0.15, 0.2) is 10.9 Å². The highest BCUT2D eigenvalue weighted by atomic mass is 35.5. The second-order valence-corrected chi connectivity index (χ2v) is 7.08. The Morgan fingerprint density at radius 2 is 2.00 bits per heavy atom. The number of para-hydroxylation sites is 1. The number of hydrogen-bond donors (Lipinski definition) is 1. The van der Waals surface area contributed by atoms with Gasteiger partial charge in [0.1, 0.15) is 5.58 Å². The van der Waals surface area contributed by atoms with Gasteiger partial charge in [-0.3, -0.25) is 10.1 Å². The van der Waals surface area contributed by atoms with Gasteiger partial charge in [-0.2, -0.15) is 0 Å². The van der Waals surface area contributed by atoms with Gasteiger partial charge in [0.2, 0.25) is 0 Å². The third-order valence-electron chi connectivity index (χ3n) is 4.07. The van der Waals surface area contributed by atoms with Gasteiger partial charge in [0.25, 0.3) is 5.91 Å². The number of aromatic nitrogens is 1. The van der Waals surface area contributed by atoms with Crippen LogP contribution < -0.4 is 5.32 Å². The second-order valence-electron chi connectivity index (χ2n) is 5.81. The molecular weight excluding hydrogens is 384 g/mol. The Labute approximate surface area is 164 Å². The number of ether oxygens (including phenoxy) is 1. The average Bonchev–Trinajstić information content (AvgIpc) is 3.28. The van der Waals surface area contributed by atoms with Crippen LogP contribution >= 0.6 is 22.9 Å². The molecule has 136 valence electrons. The molecule has 0 saturated carbocycles. The standard InChI is InChI=1S/C20H15ClN2O3S/c1-25-10-14-12-6-3-5-9-17(12)26-18(14)19(24)23-20-22-16(11-27-20)13-7-2-4-8-15(13)21/h2-9,11H,10H2,1H3,(H,22,23,24). The summed E-state index contributed by atoms with van der Waals surface area (Å²) in [4.78, 5) is 17.2. The Morgan fingerprint density at radius 1 is 1.22 bits per heavy atom. The van der Waals surface area contributed by atoms with Crippen LogP contribution in [0.4, 0.5) is 5.13 Å². The van der Waals surface area contributed by atoms with Gasteiger partial charge in [0, 0.05) is 34.0 Å². The molecule has 0 aliphatic rings. The zero-order valence-corrected chi connectivity index (χ0v) is 15.9. The van der Waals surface area contributed by atoms with Gasteiger partial charge < -0.3 is 9.15 Å². The lowest BCUT2D eigenvalue weighted by Crippen LogP contribution is -2.13. The van der Waals surface area contributed by atoms with Crippen LogP contribution in [0, 0.1) is 0 Å². The average molecular weight is 399 g/mol. The van der Waals surface area contributed by atoms with Crippen molar-refractivity contribution in [2.75, 3.05) is 12.4 Å². The van der Waals surface area contributed by atoms with E-state index in [2.05, 4.69) is 10.3 Å². The molecule has 0 spiro atoms. The molecule has 27 heavy (non-hydrogen) atoms. The molecule has 5 nitrogen and oxygen atoms in total. The number of thiazole rings is 1. The van der Waals surface area contributed by atoms with Crippen molar-refractivity contribution in [3.05, 3.63) is 70.3 Å². The summed E-state index contributed by atoms with van der Waals surface area (Å²) in [6.07, 6.45) is 0. The predicted molar refractivity (Wildman–Crippen MR) is 107 cm³/mol. The van der Waals surface area contributed by atoms with Gasteiger partial charge in [-0.15, -0.1) is 11.3 Å². The summed E-state index contributed by atoms with van der Waals surface area (Å²) < 4.78 is 11.0. The van der Waals surface area contributed by atoms with Crippen molar-refractivity contribution < 1.29 is 13.9 Å². The summed E-state index contributed by atoms with van der Waals surface area (Å²) in [5.74, 6) is -0.133. The Balaban J connectivity index is 1.63. The molecule has 0 bridgehead atoms. The molecule has 0 saturated heterocycles. The monoisotopic (exact) mass is 398 g/mol. The summed E-state index contributed by atoms with van der Waals surface area (Å²) in [7, 11) is 1.58. The summed E-state index contributed by atoms with van der Waals surface area (Å²) >= 11 is 7.55. The van der Waals surface area contributed by atoms with E-state index in [0.717, 1.165) is 10.9 Å². The lowest BCUT2D eigenvalue weighted by Gasteiger charge is -2.02. The molecule has 0 atom stereocenters. The number of nitrogens with one attached hydrogen (secondary N) is 1. The summed E-state index contributed by atoms with van der Waals surface area (Å²) in [5.41, 5.74) is 2.89. The number of amides is 1. The van der Waals surface area contributed by atoms with Crippen molar-refractivity contribution in [3.63, 3.8) is 0 Å². The predicted octanol–water partition coefficient (Wildman–Crippen LogP) is 5.61. The quantitative estimate of drug-likeness (QED) is 0.474. The van der Waals surface area contributed by atoms with Crippen molar-refractivity contribution >= 4 is 44.9 Å². The highest BCUT2D eigenvalue weighted by Gasteiger charge is 2.21. The molecule has 2 aromatic carbocycles. The number of methoxy groups -OCH3 is 1. The molecule has 7 heteroatoms. The number of carbonyl (C=O) groups excluding carboxylic acids is 1. The number of halogens is 1. The molecule has 0 fully saturated rings. The van der Waals surface area contributed by atoms with Gasteiger partial charge in [-0.25, -0.2) is 4.98 Å². The normalized spacial score (nSPS) is 11.0. The maximum Gasteiger partial charge on any atom is 0.293 e. The van der Waals surface area contributed by atoms with E-state index in [4.69, 9.17) is 20.8 Å². The van der Waals surface area contributed by atoms with Crippen LogP contribution in [0.1, 0.15) is 16.1 Å². The highest BCUT2D eigenvalue weighted by molar-refractivity contribution is 7.14. The zero-order chi connectivity index (χ0) is 18.8. The van der Waals surface area contributed by atoms with Crippen LogP contribution in [-0.4, -0.2) is 18.0 Å². The fraction of sp³-hybridized carbons (Fsp3) is 0.100. The van der Waals surface area contributed by atoms with Crippen molar-refractivity contribution in [2.24, 2.45) is 0 Å². The van der Waals surface area contributed by atoms with E-state index < -0.39 is 0 Å². The largest absolute Gasteiger partial charge is 0.451 e. The minimum absolute atomic E-state index is 0.229. The lowest BCUT2D eigenvalue weighted by atomic mass is 10.1. The lowest BCUT2D eigenvalue weighted by molar-refractivity contribution is 0.0992. The minimum Gasteiger partial charge on any atom is -0.451 e. The smallest absolute Gasteiger partial charge is 0.293 e. The third-order valence-corrected chi connectivity index (χ3v) is 5.15. The second kappa shape index (κ2) is 7.52. The van der Waals surface area contributed by atoms with Crippen LogP contribution in [0.5, 0.6) is 0 Å². The molecule has 1 amide bonds. The SMILES string of the molecule is COCc1c(C(=O)Nc2nc(-c3ccccc3Cl)cs2)oc2ccccc12. The highest BCUT2D eigenvalue weighted by Crippen LogP contribution is 2.31. The van der Waals surface area contributed by atoms with Crippen LogP contribution in [0.2, 0.25) is 5.02 Å². The molecular formula is C20H15ClN2O3S. The third kappa shape index (κ3) is 3.47. The van der Waals surface area contributed by atoms with Crippen LogP contribution in [0.3, 0.4) is 0 Å². The maximum absolute atomic E-state index is 12.8. The number of rotatable bonds is 5. The molecule has 4 aromatic rings. The van der Waals surface area contributed by atoms with Gasteiger partial charge in [0.05, 0.1) is 12.3 Å². The van der Waals surface area contributed by atoms with Crippen molar-refractivity contribution in [2.45, 2.75) is 6.61 Å². The molecule has 0 aliphatic carbocycles. The van der Waals surface area contributed by atoms with Gasteiger partial charge >= 0.3 is 0 Å². The molecule has 1 N–H and O–H groups in total. The van der Waals surface area contributed by atoms with Gasteiger partial charge in [-0.1, -0.05) is 48.0 Å². The molecule has 2 aromatic heterocycles. The van der Waals surface area contributed by atoms with E-state index >= 15 is 0 Å². The fourth-order valence-electron chi connectivity index (χ4n) is 2.85. The summed E-state index contributed by atoms with van der Waals surface area (Å²) in [6.45, 7) is 0.280. The Kier molecular flexibility index (Phi) is 4.94. The molecule has 4 rings (SSSR count). The maximum atomic E-state index is 12.8. The Hall–Kier alpha value is -2.67. The number of anilines is 1. The van der Waals surface area contributed by atoms with Crippen molar-refractivity contribution in [3.8, 4) is 11.3 Å². The topological polar surface area (TPSA) is 64.4 Å². The van der Waals surface area contributed by atoms with E-state index in [-0.39, 0.29) is 18.3 Å². The number of fused-ring (bicyclic) bond motifs is 1. The minimum atomic E-state index is -0.363. The number of carbonyl (C=O) groups is 1. The molecule has 0 aliphatic heterocycles. The number of furan rings is 1. The zero-order valence-electron chi connectivity index (χ0n) is 14.4. The van der Waals surface area contributed by atoms with E-state index in [9.17, 15) is 4.79 Å². The van der Waals surface area contributed by atoms with E-state index in [1.807, 2.05) is 47.8 Å². The fourth-order valence-corrected chi connectivity index (χ4v) is 3.79. The summed E-state index contributed by atoms with van der Waals surface area (Å²) in [5, 5.41) is 6.60. The van der Waals surface area contributed by atoms with E-state index in [0.29, 0.717) is 27.0 Å². The first-order valence-electron chi connectivity index (χ1n) is 8.18. The first-order chi connectivity index (χ1) is 13.2. The first-order valence-corrected chi connectivity index (χ1v) is 9.44. The molecule has 0 unspecified atom stereocenters. The van der Waals surface area contributed by atoms with Gasteiger partial charge in [-0.05, 0) is 12.1 Å². The number of hydrogen-bond acceptors (Lipinski definition) is 5. The molecule has 2 heterocycles. The Bertz CT molecular complexity index is 1120. The van der Waals surface area contributed by atoms with Crippen LogP contribution in [-0.2, 0) is 11.3 Å².